The summed E-state index contributed by atoms with van der Waals surface area (Å²) in [6.45, 7) is 4.89. The van der Waals surface area contributed by atoms with E-state index in [9.17, 15) is 4.39 Å². The lowest BCUT2D eigenvalue weighted by Crippen LogP contribution is -2.35. The molecule has 1 aliphatic rings. The number of rotatable bonds is 8. The number of hydrogen-bond donors (Lipinski definition) is 2. The van der Waals surface area contributed by atoms with Crippen LogP contribution in [0.1, 0.15) is 31.7 Å². The van der Waals surface area contributed by atoms with Gasteiger partial charge in [0.25, 0.3) is 0 Å². The number of thiocarbonyl (C=S) groups is 1. The molecule has 3 heterocycles. The van der Waals surface area contributed by atoms with Gasteiger partial charge in [0.05, 0.1) is 0 Å². The predicted molar refractivity (Wildman–Crippen MR) is 138 cm³/mol. The fourth-order valence-electron chi connectivity index (χ4n) is 3.80. The number of anilines is 2. The number of halogens is 1. The van der Waals surface area contributed by atoms with Crippen molar-refractivity contribution < 1.29 is 4.39 Å². The van der Waals surface area contributed by atoms with E-state index in [-0.39, 0.29) is 5.82 Å². The fourth-order valence-corrected chi connectivity index (χ4v) is 4.71. The number of aryl methyl sites for hydroxylation is 1. The Labute approximate surface area is 209 Å². The normalized spacial score (nSPS) is 15.7. The second-order valence-corrected chi connectivity index (χ2v) is 9.72. The molecule has 0 bridgehead atoms. The van der Waals surface area contributed by atoms with Crippen molar-refractivity contribution in [1.82, 2.24) is 25.3 Å². The highest BCUT2D eigenvalue weighted by Gasteiger charge is 2.20. The van der Waals surface area contributed by atoms with Crippen LogP contribution in [0.15, 0.2) is 59.0 Å². The van der Waals surface area contributed by atoms with E-state index in [1.165, 1.54) is 30.3 Å². The van der Waals surface area contributed by atoms with Gasteiger partial charge in [-0.25, -0.2) is 19.3 Å². The minimum Gasteiger partial charge on any atom is -0.362 e. The summed E-state index contributed by atoms with van der Waals surface area (Å²) < 4.78 is 13.0. The Balaban J connectivity index is 1.39. The fraction of sp³-hybridized carbons (Fsp3) is 0.375. The summed E-state index contributed by atoms with van der Waals surface area (Å²) in [5, 5.41) is 8.20. The molecule has 1 fully saturated rings. The summed E-state index contributed by atoms with van der Waals surface area (Å²) in [5.41, 5.74) is 1.10. The Morgan fingerprint density at radius 1 is 1.21 bits per heavy atom. The quantitative estimate of drug-likeness (QED) is 0.199. The van der Waals surface area contributed by atoms with Crippen LogP contribution < -0.4 is 15.5 Å². The lowest BCUT2D eigenvalue weighted by atomic mass is 10.0. The van der Waals surface area contributed by atoms with Gasteiger partial charge in [-0.2, -0.15) is 4.98 Å². The van der Waals surface area contributed by atoms with E-state index in [0.29, 0.717) is 28.7 Å². The zero-order valence-electron chi connectivity index (χ0n) is 19.1. The van der Waals surface area contributed by atoms with Gasteiger partial charge in [-0.3, -0.25) is 0 Å². The largest absolute Gasteiger partial charge is 0.362 e. The van der Waals surface area contributed by atoms with Gasteiger partial charge in [0.15, 0.2) is 10.3 Å². The molecule has 34 heavy (non-hydrogen) atoms. The Morgan fingerprint density at radius 2 is 2.00 bits per heavy atom. The van der Waals surface area contributed by atoms with Gasteiger partial charge in [-0.1, -0.05) is 19.1 Å². The first-order valence-electron chi connectivity index (χ1n) is 11.4. The van der Waals surface area contributed by atoms with Crippen LogP contribution in [-0.4, -0.2) is 44.7 Å². The van der Waals surface area contributed by atoms with E-state index >= 15 is 0 Å². The van der Waals surface area contributed by atoms with Crippen molar-refractivity contribution in [2.75, 3.05) is 29.9 Å². The maximum Gasteiger partial charge on any atom is 0.232 e. The second kappa shape index (κ2) is 12.0. The van der Waals surface area contributed by atoms with E-state index in [4.69, 9.17) is 17.2 Å². The smallest absolute Gasteiger partial charge is 0.232 e. The molecule has 0 aliphatic carbocycles. The molecule has 2 N–H and O–H groups in total. The molecule has 7 nitrogen and oxygen atoms in total. The molecule has 0 saturated carbocycles. The third-order valence-corrected chi connectivity index (χ3v) is 6.53. The van der Waals surface area contributed by atoms with Crippen molar-refractivity contribution in [3.05, 3.63) is 60.2 Å². The number of benzene rings is 1. The number of aromatic nitrogens is 4. The molecule has 1 aliphatic heterocycles. The van der Waals surface area contributed by atoms with Gasteiger partial charge >= 0.3 is 0 Å². The van der Waals surface area contributed by atoms with Crippen LogP contribution in [-0.2, 0) is 6.42 Å². The molecule has 10 heteroatoms. The molecule has 178 valence electrons. The van der Waals surface area contributed by atoms with Crippen LogP contribution in [0.4, 0.5) is 16.2 Å². The van der Waals surface area contributed by atoms with Crippen LogP contribution in [0.25, 0.3) is 0 Å². The van der Waals surface area contributed by atoms with Crippen molar-refractivity contribution >= 4 is 40.9 Å². The molecule has 0 spiro atoms. The van der Waals surface area contributed by atoms with E-state index in [2.05, 4.69) is 37.4 Å². The van der Waals surface area contributed by atoms with Crippen LogP contribution in [0.3, 0.4) is 0 Å². The number of hydrogen-bond acceptors (Lipinski definition) is 7. The SMILES string of the molecule is CC1CCCN(c2cc(Sc3ncccn3)nc(NC(=S)NCCCc3ccc(F)cc3)n2)C1. The van der Waals surface area contributed by atoms with Crippen LogP contribution in [0.5, 0.6) is 0 Å². The minimum atomic E-state index is -0.218. The molecule has 1 aromatic carbocycles. The van der Waals surface area contributed by atoms with Gasteiger partial charge in [0.1, 0.15) is 16.7 Å². The first kappa shape index (κ1) is 24.3. The maximum absolute atomic E-state index is 13.0. The Morgan fingerprint density at radius 3 is 2.76 bits per heavy atom. The molecule has 1 unspecified atom stereocenters. The number of nitrogens with one attached hydrogen (secondary N) is 2. The average molecular weight is 498 g/mol. The van der Waals surface area contributed by atoms with Gasteiger partial charge in [-0.15, -0.1) is 0 Å². The molecule has 1 saturated heterocycles. The van der Waals surface area contributed by atoms with Gasteiger partial charge < -0.3 is 15.5 Å². The van der Waals surface area contributed by atoms with E-state index in [1.807, 2.05) is 18.2 Å². The molecule has 3 aromatic rings. The Hall–Kier alpha value is -2.85. The first-order valence-corrected chi connectivity index (χ1v) is 12.7. The third kappa shape index (κ3) is 7.33. The standard InChI is InChI=1S/C24H28FN7S2/c1-17-5-3-14-32(16-17)20-15-21(34-24-27-12-4-13-28-24)30-22(29-20)31-23(33)26-11-2-6-18-7-9-19(25)10-8-18/h4,7-10,12-13,15,17H,2-3,5-6,11,14,16H2,1H3,(H2,26,29,30,31,33). The molecule has 0 amide bonds. The zero-order valence-corrected chi connectivity index (χ0v) is 20.7. The average Bonchev–Trinajstić information content (AvgIpc) is 2.83. The molecule has 4 rings (SSSR count). The Kier molecular flexibility index (Phi) is 8.59. The molecule has 0 radical (unpaired) electrons. The molecular formula is C24H28FN7S2. The monoisotopic (exact) mass is 497 g/mol. The van der Waals surface area contributed by atoms with E-state index < -0.39 is 0 Å². The molecular weight excluding hydrogens is 469 g/mol. The highest BCUT2D eigenvalue weighted by molar-refractivity contribution is 7.99. The third-order valence-electron chi connectivity index (χ3n) is 5.47. The van der Waals surface area contributed by atoms with Gasteiger partial charge in [-0.05, 0) is 79.3 Å². The number of piperidine rings is 1. The molecule has 2 aromatic heterocycles. The zero-order chi connectivity index (χ0) is 23.8. The first-order chi connectivity index (χ1) is 16.5. The van der Waals surface area contributed by atoms with Crippen molar-refractivity contribution in [2.24, 2.45) is 5.92 Å². The van der Waals surface area contributed by atoms with Crippen molar-refractivity contribution in [3.8, 4) is 0 Å². The summed E-state index contributed by atoms with van der Waals surface area (Å²) in [4.78, 5) is 20.3. The minimum absolute atomic E-state index is 0.218. The Bertz CT molecular complexity index is 1080. The van der Waals surface area contributed by atoms with Gasteiger partial charge in [0.2, 0.25) is 5.95 Å². The second-order valence-electron chi connectivity index (χ2n) is 8.33. The van der Waals surface area contributed by atoms with Crippen LogP contribution >= 0.6 is 24.0 Å². The highest BCUT2D eigenvalue weighted by atomic mass is 32.2. The lowest BCUT2D eigenvalue weighted by molar-refractivity contribution is 0.444. The van der Waals surface area contributed by atoms with Crippen LogP contribution in [0, 0.1) is 11.7 Å². The summed E-state index contributed by atoms with van der Waals surface area (Å²) in [7, 11) is 0. The topological polar surface area (TPSA) is 78.9 Å². The maximum atomic E-state index is 13.0. The van der Waals surface area contributed by atoms with Crippen molar-refractivity contribution in [2.45, 2.75) is 42.8 Å². The van der Waals surface area contributed by atoms with Gasteiger partial charge in [0, 0.05) is 38.1 Å². The summed E-state index contributed by atoms with van der Waals surface area (Å²) in [6.07, 6.45) is 7.52. The van der Waals surface area contributed by atoms with Crippen LogP contribution in [0.2, 0.25) is 0 Å². The summed E-state index contributed by atoms with van der Waals surface area (Å²) in [6, 6.07) is 10.4. The summed E-state index contributed by atoms with van der Waals surface area (Å²) in [5.74, 6) is 1.73. The molecule has 1 atom stereocenters. The predicted octanol–water partition coefficient (Wildman–Crippen LogP) is 4.71. The van der Waals surface area contributed by atoms with Crippen molar-refractivity contribution in [3.63, 3.8) is 0 Å². The lowest BCUT2D eigenvalue weighted by Gasteiger charge is -2.32. The number of nitrogens with zero attached hydrogens (tertiary/aromatic N) is 5. The van der Waals surface area contributed by atoms with E-state index in [0.717, 1.165) is 48.8 Å². The highest BCUT2D eigenvalue weighted by Crippen LogP contribution is 2.29. The van der Waals surface area contributed by atoms with Crippen molar-refractivity contribution in [1.29, 1.82) is 0 Å². The van der Waals surface area contributed by atoms with E-state index in [1.54, 1.807) is 18.5 Å². The summed E-state index contributed by atoms with van der Waals surface area (Å²) >= 11 is 6.88.